The lowest BCUT2D eigenvalue weighted by Crippen LogP contribution is -2.13. The van der Waals surface area contributed by atoms with E-state index in [1.54, 1.807) is 11.3 Å². The number of thiazole rings is 1. The van der Waals surface area contributed by atoms with Crippen LogP contribution in [0.5, 0.6) is 0 Å². The van der Waals surface area contributed by atoms with E-state index < -0.39 is 0 Å². The van der Waals surface area contributed by atoms with Crippen molar-refractivity contribution >= 4 is 37.5 Å². The summed E-state index contributed by atoms with van der Waals surface area (Å²) in [5.74, 6) is 0. The van der Waals surface area contributed by atoms with Crippen molar-refractivity contribution in [1.29, 1.82) is 0 Å². The molecule has 1 aromatic heterocycles. The maximum absolute atomic E-state index is 6.33. The van der Waals surface area contributed by atoms with Gasteiger partial charge in [-0.2, -0.15) is 0 Å². The number of benzene rings is 2. The van der Waals surface area contributed by atoms with Gasteiger partial charge in [0, 0.05) is 16.9 Å². The molecule has 0 spiro atoms. The fourth-order valence-corrected chi connectivity index (χ4v) is 3.94. The highest BCUT2D eigenvalue weighted by atomic mass is 79.9. The molecule has 3 aromatic rings. The first-order valence-electron chi connectivity index (χ1n) is 6.49. The van der Waals surface area contributed by atoms with E-state index in [1.165, 1.54) is 10.3 Å². The van der Waals surface area contributed by atoms with E-state index in [-0.39, 0.29) is 6.04 Å². The maximum atomic E-state index is 6.33. The first-order chi connectivity index (χ1) is 9.61. The van der Waals surface area contributed by atoms with Crippen molar-refractivity contribution in [2.45, 2.75) is 19.4 Å². The summed E-state index contributed by atoms with van der Waals surface area (Å²) in [6, 6.07) is 14.5. The molecule has 1 atom stereocenters. The lowest BCUT2D eigenvalue weighted by Gasteiger charge is -2.11. The Kier molecular flexibility index (Phi) is 3.87. The van der Waals surface area contributed by atoms with Crippen LogP contribution in [0.15, 0.2) is 46.9 Å². The Bertz CT molecular complexity index is 698. The molecule has 0 saturated heterocycles. The molecule has 1 heterocycles. The van der Waals surface area contributed by atoms with Gasteiger partial charge < -0.3 is 5.73 Å². The second kappa shape index (κ2) is 5.64. The van der Waals surface area contributed by atoms with Gasteiger partial charge in [0.25, 0.3) is 0 Å². The van der Waals surface area contributed by atoms with Gasteiger partial charge in [0.1, 0.15) is 0 Å². The molecule has 0 aliphatic heterocycles. The fourth-order valence-electron chi connectivity index (χ4n) is 2.29. The standard InChI is InChI=1S/C16H15BrN2S/c1-10-6-11(8-12(17)7-10)13(18)9-16-19-14-4-2-3-5-15(14)20-16/h2-8,13H,9,18H2,1H3. The van der Waals surface area contributed by atoms with Crippen LogP contribution in [0, 0.1) is 6.92 Å². The molecular weight excluding hydrogens is 332 g/mol. The van der Waals surface area contributed by atoms with Gasteiger partial charge in [-0.15, -0.1) is 11.3 Å². The van der Waals surface area contributed by atoms with Gasteiger partial charge >= 0.3 is 0 Å². The van der Waals surface area contributed by atoms with Crippen LogP contribution in [0.3, 0.4) is 0 Å². The molecule has 0 fully saturated rings. The summed E-state index contributed by atoms with van der Waals surface area (Å²) in [6.07, 6.45) is 0.773. The molecular formula is C16H15BrN2S. The number of para-hydroxylation sites is 1. The minimum absolute atomic E-state index is 0.0215. The molecule has 2 nitrogen and oxygen atoms in total. The Morgan fingerprint density at radius 2 is 2.05 bits per heavy atom. The van der Waals surface area contributed by atoms with Crippen LogP contribution >= 0.6 is 27.3 Å². The number of aryl methyl sites for hydroxylation is 1. The highest BCUT2D eigenvalue weighted by Gasteiger charge is 2.11. The summed E-state index contributed by atoms with van der Waals surface area (Å²) in [5, 5.41) is 1.09. The van der Waals surface area contributed by atoms with Gasteiger partial charge in [0.05, 0.1) is 15.2 Å². The number of nitrogens with zero attached hydrogens (tertiary/aromatic N) is 1. The zero-order valence-electron chi connectivity index (χ0n) is 11.1. The smallest absolute Gasteiger partial charge is 0.0957 e. The summed E-state index contributed by atoms with van der Waals surface area (Å²) in [7, 11) is 0. The molecule has 2 aromatic carbocycles. The molecule has 0 aliphatic rings. The third-order valence-corrected chi connectivity index (χ3v) is 4.74. The number of nitrogens with two attached hydrogens (primary N) is 1. The lowest BCUT2D eigenvalue weighted by atomic mass is 10.0. The first kappa shape index (κ1) is 13.7. The molecule has 1 unspecified atom stereocenters. The van der Waals surface area contributed by atoms with E-state index in [2.05, 4.69) is 52.1 Å². The first-order valence-corrected chi connectivity index (χ1v) is 8.10. The Hall–Kier alpha value is -1.23. The fraction of sp³-hybridized carbons (Fsp3) is 0.188. The van der Waals surface area contributed by atoms with Crippen LogP contribution in [0.1, 0.15) is 22.2 Å². The van der Waals surface area contributed by atoms with Crippen molar-refractivity contribution in [3.8, 4) is 0 Å². The summed E-state index contributed by atoms with van der Waals surface area (Å²) >= 11 is 5.25. The summed E-state index contributed by atoms with van der Waals surface area (Å²) in [5.41, 5.74) is 9.76. The second-order valence-electron chi connectivity index (χ2n) is 4.95. The van der Waals surface area contributed by atoms with Gasteiger partial charge in [-0.25, -0.2) is 4.98 Å². The predicted octanol–water partition coefficient (Wildman–Crippen LogP) is 4.61. The molecule has 0 radical (unpaired) electrons. The molecule has 0 aliphatic carbocycles. The zero-order chi connectivity index (χ0) is 14.1. The SMILES string of the molecule is Cc1cc(Br)cc(C(N)Cc2nc3ccccc3s2)c1. The average molecular weight is 347 g/mol. The van der Waals surface area contributed by atoms with Crippen LogP contribution in [-0.4, -0.2) is 4.98 Å². The van der Waals surface area contributed by atoms with Crippen molar-refractivity contribution < 1.29 is 0 Å². The van der Waals surface area contributed by atoms with Gasteiger partial charge in [-0.3, -0.25) is 0 Å². The zero-order valence-corrected chi connectivity index (χ0v) is 13.5. The molecule has 0 amide bonds. The van der Waals surface area contributed by atoms with E-state index in [4.69, 9.17) is 5.73 Å². The number of hydrogen-bond donors (Lipinski definition) is 1. The third-order valence-electron chi connectivity index (χ3n) is 3.23. The maximum Gasteiger partial charge on any atom is 0.0957 e. The topological polar surface area (TPSA) is 38.9 Å². The number of fused-ring (bicyclic) bond motifs is 1. The monoisotopic (exact) mass is 346 g/mol. The molecule has 4 heteroatoms. The van der Waals surface area contributed by atoms with Crippen molar-refractivity contribution in [3.63, 3.8) is 0 Å². The van der Waals surface area contributed by atoms with Crippen LogP contribution < -0.4 is 5.73 Å². The van der Waals surface area contributed by atoms with Crippen LogP contribution in [0.2, 0.25) is 0 Å². The summed E-state index contributed by atoms with van der Waals surface area (Å²) in [4.78, 5) is 4.65. The lowest BCUT2D eigenvalue weighted by molar-refractivity contribution is 0.718. The van der Waals surface area contributed by atoms with E-state index in [0.717, 1.165) is 27.0 Å². The van der Waals surface area contributed by atoms with E-state index in [9.17, 15) is 0 Å². The molecule has 102 valence electrons. The average Bonchev–Trinajstić information content (AvgIpc) is 2.79. The number of rotatable bonds is 3. The Morgan fingerprint density at radius 3 is 2.80 bits per heavy atom. The number of hydrogen-bond acceptors (Lipinski definition) is 3. The number of aromatic nitrogens is 1. The van der Waals surface area contributed by atoms with Crippen molar-refractivity contribution in [1.82, 2.24) is 4.98 Å². The van der Waals surface area contributed by atoms with Gasteiger partial charge in [0.2, 0.25) is 0 Å². The van der Waals surface area contributed by atoms with Crippen LogP contribution in [-0.2, 0) is 6.42 Å². The summed E-state index contributed by atoms with van der Waals surface area (Å²) in [6.45, 7) is 2.08. The van der Waals surface area contributed by atoms with Crippen molar-refractivity contribution in [2.75, 3.05) is 0 Å². The number of halogens is 1. The van der Waals surface area contributed by atoms with Gasteiger partial charge in [-0.05, 0) is 42.3 Å². The highest BCUT2D eigenvalue weighted by molar-refractivity contribution is 9.10. The van der Waals surface area contributed by atoms with E-state index in [1.807, 2.05) is 18.2 Å². The van der Waals surface area contributed by atoms with E-state index in [0.29, 0.717) is 0 Å². The largest absolute Gasteiger partial charge is 0.324 e. The minimum atomic E-state index is -0.0215. The molecule has 0 bridgehead atoms. The predicted molar refractivity (Wildman–Crippen MR) is 89.1 cm³/mol. The molecule has 3 rings (SSSR count). The highest BCUT2D eigenvalue weighted by Crippen LogP contribution is 2.26. The minimum Gasteiger partial charge on any atom is -0.324 e. The second-order valence-corrected chi connectivity index (χ2v) is 6.98. The van der Waals surface area contributed by atoms with Crippen molar-refractivity contribution in [3.05, 3.63) is 63.1 Å². The Morgan fingerprint density at radius 1 is 1.25 bits per heavy atom. The van der Waals surface area contributed by atoms with Gasteiger partial charge in [0.15, 0.2) is 0 Å². The quantitative estimate of drug-likeness (QED) is 0.751. The molecule has 0 saturated carbocycles. The Balaban J connectivity index is 1.86. The molecule has 2 N–H and O–H groups in total. The summed E-state index contributed by atoms with van der Waals surface area (Å²) < 4.78 is 2.30. The van der Waals surface area contributed by atoms with E-state index >= 15 is 0 Å². The molecule has 20 heavy (non-hydrogen) atoms. The third kappa shape index (κ3) is 2.92. The Labute approximate surface area is 130 Å². The van der Waals surface area contributed by atoms with Crippen molar-refractivity contribution in [2.24, 2.45) is 5.73 Å². The van der Waals surface area contributed by atoms with Crippen LogP contribution in [0.4, 0.5) is 0 Å². The van der Waals surface area contributed by atoms with Crippen LogP contribution in [0.25, 0.3) is 10.2 Å². The normalized spacial score (nSPS) is 12.8. The van der Waals surface area contributed by atoms with Gasteiger partial charge in [-0.1, -0.05) is 34.1 Å².